The molecule has 0 aliphatic carbocycles. The van der Waals surface area contributed by atoms with E-state index in [1.165, 1.54) is 23.1 Å². The summed E-state index contributed by atoms with van der Waals surface area (Å²) in [7, 11) is 0. The van der Waals surface area contributed by atoms with Gasteiger partial charge < -0.3 is 14.4 Å². The molecule has 0 aliphatic rings. The first-order valence-corrected chi connectivity index (χ1v) is 13.1. The van der Waals surface area contributed by atoms with Gasteiger partial charge in [-0.05, 0) is 35.4 Å². The number of hydrogen-bond donors (Lipinski definition) is 0. The van der Waals surface area contributed by atoms with Crippen LogP contribution in [-0.4, -0.2) is 44.2 Å². The highest BCUT2D eigenvalue weighted by atomic mass is 35.5. The molecule has 0 radical (unpaired) electrons. The molecule has 0 N–H and O–H groups in total. The highest BCUT2D eigenvalue weighted by molar-refractivity contribution is 6.32. The molecule has 8 nitrogen and oxygen atoms in total. The SMILES string of the molecule is C=CCN(CC(=O)N(Cc1ccccc1)Cc1cccn1Cc1ccccc1)C(=O)c1ccc(Cl)c([N+](=O)[O-])c1. The molecule has 40 heavy (non-hydrogen) atoms. The highest BCUT2D eigenvalue weighted by Crippen LogP contribution is 2.26. The quantitative estimate of drug-likeness (QED) is 0.122. The molecule has 0 aliphatic heterocycles. The molecule has 0 atom stereocenters. The van der Waals surface area contributed by atoms with Crippen molar-refractivity contribution in [2.24, 2.45) is 0 Å². The molecular formula is C31H29ClN4O4. The van der Waals surface area contributed by atoms with E-state index in [0.717, 1.165) is 22.9 Å². The van der Waals surface area contributed by atoms with Gasteiger partial charge in [0.1, 0.15) is 11.6 Å². The van der Waals surface area contributed by atoms with E-state index in [-0.39, 0.29) is 35.3 Å². The fraction of sp³-hybridized carbons (Fsp3) is 0.161. The standard InChI is InChI=1S/C31H29ClN4O4/c1-2-17-34(31(38)26-15-16-28(32)29(19-26)36(39)40)23-30(37)35(21-25-12-7-4-8-13-25)22-27-14-9-18-33(27)20-24-10-5-3-6-11-24/h2-16,18-19H,1,17,20-23H2. The van der Waals surface area contributed by atoms with E-state index >= 15 is 0 Å². The molecular weight excluding hydrogens is 528 g/mol. The van der Waals surface area contributed by atoms with Gasteiger partial charge in [-0.25, -0.2) is 0 Å². The second-order valence-electron chi connectivity index (χ2n) is 9.25. The summed E-state index contributed by atoms with van der Waals surface area (Å²) >= 11 is 5.93. The number of carbonyl (C=O) groups excluding carboxylic acids is 2. The van der Waals surface area contributed by atoms with E-state index in [0.29, 0.717) is 19.6 Å². The van der Waals surface area contributed by atoms with E-state index in [2.05, 4.69) is 23.3 Å². The zero-order chi connectivity index (χ0) is 28.5. The summed E-state index contributed by atoms with van der Waals surface area (Å²) in [5.74, 6) is -0.796. The fourth-order valence-electron chi connectivity index (χ4n) is 4.37. The van der Waals surface area contributed by atoms with Gasteiger partial charge in [0.25, 0.3) is 11.6 Å². The molecule has 4 rings (SSSR count). The maximum atomic E-state index is 13.8. The maximum Gasteiger partial charge on any atom is 0.288 e. The van der Waals surface area contributed by atoms with E-state index < -0.39 is 10.8 Å². The fourth-order valence-corrected chi connectivity index (χ4v) is 4.55. The summed E-state index contributed by atoms with van der Waals surface area (Å²) in [6.45, 7) is 4.91. The van der Waals surface area contributed by atoms with Gasteiger partial charge in [-0.15, -0.1) is 6.58 Å². The summed E-state index contributed by atoms with van der Waals surface area (Å²) in [6, 6.07) is 27.5. The smallest absolute Gasteiger partial charge is 0.288 e. The van der Waals surface area contributed by atoms with Gasteiger partial charge in [-0.3, -0.25) is 19.7 Å². The van der Waals surface area contributed by atoms with E-state index in [1.54, 1.807) is 4.90 Å². The first-order valence-electron chi connectivity index (χ1n) is 12.7. The van der Waals surface area contributed by atoms with Crippen molar-refractivity contribution in [2.45, 2.75) is 19.6 Å². The third-order valence-electron chi connectivity index (χ3n) is 6.39. The van der Waals surface area contributed by atoms with Crippen molar-refractivity contribution in [3.63, 3.8) is 0 Å². The number of nitro benzene ring substituents is 1. The largest absolute Gasteiger partial charge is 0.345 e. The normalized spacial score (nSPS) is 10.6. The molecule has 1 aromatic heterocycles. The Morgan fingerprint density at radius 2 is 1.57 bits per heavy atom. The Morgan fingerprint density at radius 1 is 0.900 bits per heavy atom. The van der Waals surface area contributed by atoms with Gasteiger partial charge in [0.15, 0.2) is 0 Å². The summed E-state index contributed by atoms with van der Waals surface area (Å²) in [5.41, 5.74) is 2.73. The Labute approximate surface area is 237 Å². The lowest BCUT2D eigenvalue weighted by Gasteiger charge is -2.28. The second kappa shape index (κ2) is 13.4. The maximum absolute atomic E-state index is 13.8. The van der Waals surface area contributed by atoms with Gasteiger partial charge >= 0.3 is 0 Å². The van der Waals surface area contributed by atoms with Crippen LogP contribution < -0.4 is 0 Å². The number of aromatic nitrogens is 1. The van der Waals surface area contributed by atoms with Crippen molar-refractivity contribution in [1.29, 1.82) is 0 Å². The number of rotatable bonds is 12. The van der Waals surface area contributed by atoms with Crippen LogP contribution in [0.4, 0.5) is 5.69 Å². The van der Waals surface area contributed by atoms with Crippen LogP contribution >= 0.6 is 11.6 Å². The van der Waals surface area contributed by atoms with Crippen molar-refractivity contribution < 1.29 is 14.5 Å². The first-order chi connectivity index (χ1) is 19.4. The molecule has 9 heteroatoms. The highest BCUT2D eigenvalue weighted by Gasteiger charge is 2.25. The van der Waals surface area contributed by atoms with Gasteiger partial charge in [-0.2, -0.15) is 0 Å². The summed E-state index contributed by atoms with van der Waals surface area (Å²) in [6.07, 6.45) is 3.50. The summed E-state index contributed by atoms with van der Waals surface area (Å²) in [5, 5.41) is 11.3. The molecule has 1 heterocycles. The Balaban J connectivity index is 1.58. The van der Waals surface area contributed by atoms with Crippen LogP contribution in [0.3, 0.4) is 0 Å². The molecule has 0 saturated heterocycles. The molecule has 3 aromatic carbocycles. The Morgan fingerprint density at radius 3 is 2.23 bits per heavy atom. The second-order valence-corrected chi connectivity index (χ2v) is 9.65. The lowest BCUT2D eigenvalue weighted by Crippen LogP contribution is -2.42. The number of amides is 2. The molecule has 0 saturated carbocycles. The Bertz CT molecular complexity index is 1490. The number of carbonyl (C=O) groups is 2. The molecule has 4 aromatic rings. The molecule has 204 valence electrons. The zero-order valence-electron chi connectivity index (χ0n) is 21.9. The number of nitrogens with zero attached hydrogens (tertiary/aromatic N) is 4. The van der Waals surface area contributed by atoms with Gasteiger partial charge in [0, 0.05) is 43.2 Å². The monoisotopic (exact) mass is 556 g/mol. The minimum absolute atomic E-state index is 0.0668. The summed E-state index contributed by atoms with van der Waals surface area (Å²) in [4.78, 5) is 40.8. The third kappa shape index (κ3) is 7.24. The van der Waals surface area contributed by atoms with Crippen LogP contribution in [0.2, 0.25) is 5.02 Å². The van der Waals surface area contributed by atoms with E-state index in [4.69, 9.17) is 11.6 Å². The molecule has 0 spiro atoms. The van der Waals surface area contributed by atoms with Crippen LogP contribution in [-0.2, 0) is 24.4 Å². The van der Waals surface area contributed by atoms with Crippen molar-refractivity contribution >= 4 is 29.1 Å². The lowest BCUT2D eigenvalue weighted by molar-refractivity contribution is -0.384. The first kappa shape index (κ1) is 28.3. The van der Waals surface area contributed by atoms with Crippen LogP contribution in [0.15, 0.2) is 110 Å². The van der Waals surface area contributed by atoms with Gasteiger partial charge in [-0.1, -0.05) is 78.3 Å². The molecule has 2 amide bonds. The number of nitro groups is 1. The van der Waals surface area contributed by atoms with Crippen molar-refractivity contribution in [1.82, 2.24) is 14.4 Å². The predicted octanol–water partition coefficient (Wildman–Crippen LogP) is 5.96. The van der Waals surface area contributed by atoms with Crippen LogP contribution in [0, 0.1) is 10.1 Å². The van der Waals surface area contributed by atoms with Crippen molar-refractivity contribution in [3.8, 4) is 0 Å². The minimum Gasteiger partial charge on any atom is -0.345 e. The number of halogens is 1. The summed E-state index contributed by atoms with van der Waals surface area (Å²) < 4.78 is 2.10. The van der Waals surface area contributed by atoms with E-state index in [9.17, 15) is 19.7 Å². The predicted molar refractivity (Wildman–Crippen MR) is 155 cm³/mol. The average Bonchev–Trinajstić information content (AvgIpc) is 3.39. The lowest BCUT2D eigenvalue weighted by atomic mass is 10.1. The number of benzene rings is 3. The third-order valence-corrected chi connectivity index (χ3v) is 6.71. The Kier molecular flexibility index (Phi) is 9.48. The van der Waals surface area contributed by atoms with Crippen LogP contribution in [0.1, 0.15) is 27.2 Å². The minimum atomic E-state index is -0.645. The zero-order valence-corrected chi connectivity index (χ0v) is 22.6. The van der Waals surface area contributed by atoms with Crippen LogP contribution in [0.5, 0.6) is 0 Å². The molecule has 0 bridgehead atoms. The van der Waals surface area contributed by atoms with Crippen LogP contribution in [0.25, 0.3) is 0 Å². The van der Waals surface area contributed by atoms with Crippen molar-refractivity contribution in [2.75, 3.05) is 13.1 Å². The molecule has 0 fully saturated rings. The van der Waals surface area contributed by atoms with Crippen molar-refractivity contribution in [3.05, 3.63) is 147 Å². The number of hydrogen-bond acceptors (Lipinski definition) is 4. The van der Waals surface area contributed by atoms with Gasteiger partial charge in [0.05, 0.1) is 11.5 Å². The van der Waals surface area contributed by atoms with Gasteiger partial charge in [0.2, 0.25) is 5.91 Å². The molecule has 0 unspecified atom stereocenters. The van der Waals surface area contributed by atoms with E-state index in [1.807, 2.05) is 66.9 Å². The Hall–Kier alpha value is -4.69. The topological polar surface area (TPSA) is 88.7 Å². The average molecular weight is 557 g/mol.